The van der Waals surface area contributed by atoms with Gasteiger partial charge in [0, 0.05) is 12.1 Å². The summed E-state index contributed by atoms with van der Waals surface area (Å²) in [4.78, 5) is 65.7. The molecule has 2 saturated heterocycles. The van der Waals surface area contributed by atoms with Crippen LogP contribution in [0, 0.1) is 0 Å². The highest BCUT2D eigenvalue weighted by Crippen LogP contribution is 2.38. The molecular weight excluding hydrogens is 563 g/mol. The number of carboxylic acids is 1. The number of nitrogens with one attached hydrogen (secondary N) is 2. The molecule has 0 saturated carbocycles. The average molecular weight is 587 g/mol. The van der Waals surface area contributed by atoms with Crippen molar-refractivity contribution in [3.8, 4) is 17.2 Å². The van der Waals surface area contributed by atoms with Crippen LogP contribution < -0.4 is 15.3 Å². The van der Waals surface area contributed by atoms with Gasteiger partial charge in [0.15, 0.2) is 11.5 Å². The van der Waals surface area contributed by atoms with Gasteiger partial charge in [-0.05, 0) is 37.0 Å². The number of carbonyl (C=O) groups is 5. The van der Waals surface area contributed by atoms with Gasteiger partial charge in [-0.2, -0.15) is 0 Å². The molecule has 2 fully saturated rings. The Kier molecular flexibility index (Phi) is 7.40. The maximum absolute atomic E-state index is 13.6. The number of aromatic carboxylic acids is 1. The number of hydrogen-bond acceptors (Lipinski definition) is 9. The summed E-state index contributed by atoms with van der Waals surface area (Å²) >= 11 is 6.20. The first-order valence-corrected chi connectivity index (χ1v) is 13.0. The zero-order valence-corrected chi connectivity index (χ0v) is 22.0. The molecule has 2 aromatic rings. The number of carbonyl (C=O) groups excluding carboxylic acids is 4. The molecule has 1 unspecified atom stereocenters. The van der Waals surface area contributed by atoms with Gasteiger partial charge >= 0.3 is 30.9 Å². The van der Waals surface area contributed by atoms with Crippen LogP contribution in [0.4, 0.5) is 4.79 Å². The van der Waals surface area contributed by atoms with E-state index < -0.39 is 65.3 Å². The van der Waals surface area contributed by atoms with E-state index in [4.69, 9.17) is 16.3 Å². The minimum atomic E-state index is -1.68. The highest BCUT2D eigenvalue weighted by Gasteiger charge is 2.45. The number of aromatic hydroxyl groups is 2. The monoisotopic (exact) mass is 586 g/mol. The van der Waals surface area contributed by atoms with Gasteiger partial charge in [-0.1, -0.05) is 29.8 Å². The number of piperazine rings is 1. The molecule has 3 heterocycles. The van der Waals surface area contributed by atoms with Gasteiger partial charge in [0.1, 0.15) is 11.8 Å². The minimum Gasteiger partial charge on any atom is -0.534 e. The van der Waals surface area contributed by atoms with Crippen molar-refractivity contribution in [3.05, 3.63) is 52.0 Å². The van der Waals surface area contributed by atoms with Gasteiger partial charge in [-0.3, -0.25) is 19.3 Å². The van der Waals surface area contributed by atoms with E-state index in [9.17, 15) is 44.3 Å². The van der Waals surface area contributed by atoms with Gasteiger partial charge in [0.25, 0.3) is 0 Å². The number of phenols is 2. The fraction of sp³-hybridized carbons (Fsp3) is 0.320. The van der Waals surface area contributed by atoms with Crippen LogP contribution in [0.2, 0.25) is 5.02 Å². The summed E-state index contributed by atoms with van der Waals surface area (Å²) in [6, 6.07) is 3.45. The Labute approximate surface area is 237 Å². The summed E-state index contributed by atoms with van der Waals surface area (Å²) in [7, 11) is -1.68. The fourth-order valence-electron chi connectivity index (χ4n) is 5.26. The molecule has 16 heteroatoms. The molecule has 5 amide bonds. The van der Waals surface area contributed by atoms with Crippen LogP contribution in [0.15, 0.2) is 30.3 Å². The van der Waals surface area contributed by atoms with E-state index in [1.165, 1.54) is 23.1 Å². The van der Waals surface area contributed by atoms with Gasteiger partial charge < -0.3 is 40.5 Å². The molecule has 0 bridgehead atoms. The zero-order chi connectivity index (χ0) is 29.6. The zero-order valence-electron chi connectivity index (χ0n) is 21.2. The van der Waals surface area contributed by atoms with Gasteiger partial charge in [-0.15, -0.1) is 0 Å². The van der Waals surface area contributed by atoms with Crippen molar-refractivity contribution in [1.82, 2.24) is 20.4 Å². The summed E-state index contributed by atoms with van der Waals surface area (Å²) in [5, 5.41) is 44.4. The lowest BCUT2D eigenvalue weighted by atomic mass is 9.72. The number of rotatable bonds is 5. The van der Waals surface area contributed by atoms with Crippen LogP contribution in [-0.2, 0) is 20.8 Å². The lowest BCUT2D eigenvalue weighted by Gasteiger charge is -2.36. The largest absolute Gasteiger partial charge is 0.547 e. The second-order valence-corrected chi connectivity index (χ2v) is 10.2. The van der Waals surface area contributed by atoms with E-state index in [1.807, 2.05) is 0 Å². The maximum Gasteiger partial charge on any atom is 0.547 e. The summed E-state index contributed by atoms with van der Waals surface area (Å²) in [6.45, 7) is 0.318. The minimum absolute atomic E-state index is 0.0464. The Bertz CT molecular complexity index is 1470. The second-order valence-electron chi connectivity index (χ2n) is 9.86. The molecule has 3 aliphatic heterocycles. The number of amides is 5. The summed E-state index contributed by atoms with van der Waals surface area (Å²) in [5.74, 6) is -6.65. The Morgan fingerprint density at radius 2 is 1.88 bits per heavy atom. The molecule has 3 aliphatic rings. The van der Waals surface area contributed by atoms with Crippen LogP contribution in [0.5, 0.6) is 17.2 Å². The van der Waals surface area contributed by atoms with Crippen molar-refractivity contribution < 1.29 is 49.0 Å². The Morgan fingerprint density at radius 3 is 2.61 bits per heavy atom. The number of carboxylic acid groups (broad SMARTS) is 1. The van der Waals surface area contributed by atoms with E-state index in [-0.39, 0.29) is 35.9 Å². The standard InChI is InChI=1S/C25H24BClN4O10/c27-17-13(6-7-15(32)19(17)33)18(29-25(39)31-10-12-4-2-8-30(12)22(35)23(31)36)21(34)28-16-9-11-3-1-5-14(24(37)38)20(11)41-26(16)40/h1,3,5-7,12,16,18,32-33,40H,2,4,8-10H2,(H,28,34)(H,29,39)(H,37,38)/t12-,16-,18?/m0/s1. The van der Waals surface area contributed by atoms with Crippen LogP contribution >= 0.6 is 11.6 Å². The molecule has 3 atom stereocenters. The predicted octanol–water partition coefficient (Wildman–Crippen LogP) is 0.173. The van der Waals surface area contributed by atoms with Crippen molar-refractivity contribution in [2.75, 3.05) is 13.1 Å². The summed E-state index contributed by atoms with van der Waals surface area (Å²) < 4.78 is 5.40. The number of benzene rings is 2. The van der Waals surface area contributed by atoms with Gasteiger partial charge in [0.2, 0.25) is 5.91 Å². The van der Waals surface area contributed by atoms with Gasteiger partial charge in [-0.25, -0.2) is 9.59 Å². The van der Waals surface area contributed by atoms with E-state index >= 15 is 0 Å². The number of fused-ring (bicyclic) bond motifs is 2. The molecule has 5 rings (SSSR count). The molecule has 41 heavy (non-hydrogen) atoms. The first kappa shape index (κ1) is 28.0. The SMILES string of the molecule is O=C(O)c1cccc2c1OB(O)[C@@H](NC(=O)C(NC(=O)N1C[C@@H]3CCCN3C(=O)C1=O)c1ccc(O)c(O)c1Cl)C2. The molecule has 0 radical (unpaired) electrons. The molecule has 0 aliphatic carbocycles. The number of imide groups is 1. The smallest absolute Gasteiger partial charge is 0.534 e. The third-order valence-electron chi connectivity index (χ3n) is 7.35. The van der Waals surface area contributed by atoms with Crippen molar-refractivity contribution in [2.45, 2.75) is 37.3 Å². The molecule has 214 valence electrons. The third-order valence-corrected chi connectivity index (χ3v) is 7.74. The van der Waals surface area contributed by atoms with Gasteiger partial charge in [0.05, 0.1) is 29.1 Å². The van der Waals surface area contributed by atoms with E-state index in [0.717, 1.165) is 6.07 Å². The Balaban J connectivity index is 1.41. The Morgan fingerprint density at radius 1 is 1.12 bits per heavy atom. The molecule has 0 spiro atoms. The highest BCUT2D eigenvalue weighted by molar-refractivity contribution is 6.47. The summed E-state index contributed by atoms with van der Waals surface area (Å²) in [6.07, 6.45) is 1.22. The quantitative estimate of drug-likeness (QED) is 0.159. The maximum atomic E-state index is 13.6. The third kappa shape index (κ3) is 5.09. The van der Waals surface area contributed by atoms with Crippen LogP contribution in [0.3, 0.4) is 0 Å². The number of nitrogens with zero attached hydrogens (tertiary/aromatic N) is 2. The number of hydrogen-bond donors (Lipinski definition) is 6. The van der Waals surface area contributed by atoms with E-state index in [1.54, 1.807) is 6.07 Å². The molecule has 0 aromatic heterocycles. The molecule has 14 nitrogen and oxygen atoms in total. The second kappa shape index (κ2) is 10.8. The molecule has 2 aromatic carbocycles. The molecule has 6 N–H and O–H groups in total. The lowest BCUT2D eigenvalue weighted by Crippen LogP contribution is -2.62. The highest BCUT2D eigenvalue weighted by atomic mass is 35.5. The fourth-order valence-corrected chi connectivity index (χ4v) is 5.53. The van der Waals surface area contributed by atoms with Crippen LogP contribution in [-0.4, -0.2) is 92.1 Å². The van der Waals surface area contributed by atoms with Crippen molar-refractivity contribution in [2.24, 2.45) is 0 Å². The number of halogens is 1. The topological polar surface area (TPSA) is 206 Å². The van der Waals surface area contributed by atoms with E-state index in [2.05, 4.69) is 10.6 Å². The van der Waals surface area contributed by atoms with Crippen molar-refractivity contribution in [1.29, 1.82) is 0 Å². The summed E-state index contributed by atoms with van der Waals surface area (Å²) in [5.41, 5.74) is 0.0511. The number of para-hydroxylation sites is 1. The Hall–Kier alpha value is -4.50. The lowest BCUT2D eigenvalue weighted by molar-refractivity contribution is -0.155. The number of phenolic OH excluding ortho intramolecular Hbond substituents is 2. The van der Waals surface area contributed by atoms with Crippen LogP contribution in [0.1, 0.15) is 40.4 Å². The normalized spacial score (nSPS) is 20.6. The van der Waals surface area contributed by atoms with Crippen LogP contribution in [0.25, 0.3) is 0 Å². The first-order chi connectivity index (χ1) is 19.5. The van der Waals surface area contributed by atoms with Crippen molar-refractivity contribution >= 4 is 48.4 Å². The predicted molar refractivity (Wildman–Crippen MR) is 140 cm³/mol. The average Bonchev–Trinajstić information content (AvgIpc) is 3.41. The first-order valence-electron chi connectivity index (χ1n) is 12.6. The van der Waals surface area contributed by atoms with Crippen molar-refractivity contribution in [3.63, 3.8) is 0 Å². The number of urea groups is 1. The molecular formula is C25H24BClN4O10. The van der Waals surface area contributed by atoms with E-state index in [0.29, 0.717) is 29.8 Å².